The van der Waals surface area contributed by atoms with Crippen LogP contribution in [-0.2, 0) is 19.1 Å². The number of unbranched alkanes of at least 4 members (excludes halogenated alkanes) is 2. The van der Waals surface area contributed by atoms with Crippen LogP contribution in [0.2, 0.25) is 0 Å². The molecule has 4 heterocycles. The average molecular weight is 446 g/mol. The predicted octanol–water partition coefficient (Wildman–Crippen LogP) is 0.955. The summed E-state index contributed by atoms with van der Waals surface area (Å²) in [5, 5.41) is 10.1. The maximum Gasteiger partial charge on any atom is 0.249 e. The number of amides is 3. The van der Waals surface area contributed by atoms with Crippen LogP contribution >= 0.6 is 0 Å². The number of carbonyl (C=O) groups excluding carboxylic acids is 3. The summed E-state index contributed by atoms with van der Waals surface area (Å²) in [4.78, 5) is 46.0. The minimum atomic E-state index is -1.20. The summed E-state index contributed by atoms with van der Waals surface area (Å²) in [6.07, 6.45) is 10.4. The number of hydrogen-bond donors (Lipinski definition) is 1. The van der Waals surface area contributed by atoms with Gasteiger partial charge < -0.3 is 24.5 Å². The van der Waals surface area contributed by atoms with Crippen molar-refractivity contribution in [2.24, 2.45) is 11.8 Å². The van der Waals surface area contributed by atoms with Crippen molar-refractivity contribution < 1.29 is 24.2 Å². The molecule has 1 unspecified atom stereocenters. The molecule has 4 aliphatic rings. The largest absolute Gasteiger partial charge is 0.394 e. The molecule has 0 aromatic rings. The highest BCUT2D eigenvalue weighted by Crippen LogP contribution is 2.54. The van der Waals surface area contributed by atoms with Gasteiger partial charge in [0, 0.05) is 26.7 Å². The Bertz CT molecular complexity index is 822. The van der Waals surface area contributed by atoms with Crippen molar-refractivity contribution in [2.45, 2.75) is 63.3 Å². The Labute approximate surface area is 189 Å². The van der Waals surface area contributed by atoms with Crippen LogP contribution in [0, 0.1) is 11.8 Å². The molecule has 4 rings (SSSR count). The van der Waals surface area contributed by atoms with Gasteiger partial charge in [-0.2, -0.15) is 0 Å². The molecule has 1 spiro atoms. The van der Waals surface area contributed by atoms with Crippen molar-refractivity contribution in [2.75, 3.05) is 33.3 Å². The van der Waals surface area contributed by atoms with E-state index >= 15 is 0 Å². The lowest BCUT2D eigenvalue weighted by Gasteiger charge is -2.38. The third-order valence-electron chi connectivity index (χ3n) is 7.49. The van der Waals surface area contributed by atoms with Gasteiger partial charge in [-0.05, 0) is 12.8 Å². The second kappa shape index (κ2) is 8.98. The fraction of sp³-hybridized carbons (Fsp3) is 0.708. The number of likely N-dealkylation sites (N-methyl/N-ethyl adjacent to an activating group) is 1. The van der Waals surface area contributed by atoms with Crippen LogP contribution in [0.5, 0.6) is 0 Å². The summed E-state index contributed by atoms with van der Waals surface area (Å²) in [6.45, 7) is 5.30. The molecule has 3 amide bonds. The Balaban J connectivity index is 1.79. The normalized spacial score (nSPS) is 35.0. The van der Waals surface area contributed by atoms with Gasteiger partial charge in [-0.25, -0.2) is 0 Å². The molecule has 4 aliphatic heterocycles. The molecule has 0 bridgehead atoms. The average Bonchev–Trinajstić information content (AvgIpc) is 3.11. The number of fused-ring (bicyclic) bond motifs is 2. The van der Waals surface area contributed by atoms with E-state index in [1.165, 1.54) is 4.90 Å². The molecule has 2 fully saturated rings. The molecule has 0 aromatic heterocycles. The van der Waals surface area contributed by atoms with E-state index in [2.05, 4.69) is 6.92 Å². The first-order chi connectivity index (χ1) is 15.4. The lowest BCUT2D eigenvalue weighted by atomic mass is 9.77. The molecular formula is C24H35N3O5. The summed E-state index contributed by atoms with van der Waals surface area (Å²) in [5.74, 6) is -2.03. The summed E-state index contributed by atoms with van der Waals surface area (Å²) in [6, 6.07) is -1.38. The Hall–Kier alpha value is -2.19. The lowest BCUT2D eigenvalue weighted by Crippen LogP contribution is -2.58. The van der Waals surface area contributed by atoms with Crippen molar-refractivity contribution in [1.29, 1.82) is 0 Å². The van der Waals surface area contributed by atoms with E-state index in [4.69, 9.17) is 4.74 Å². The number of aliphatic hydroxyl groups excluding tert-OH is 1. The fourth-order valence-electron chi connectivity index (χ4n) is 5.81. The van der Waals surface area contributed by atoms with Gasteiger partial charge in [0.1, 0.15) is 11.6 Å². The van der Waals surface area contributed by atoms with E-state index in [9.17, 15) is 19.5 Å². The lowest BCUT2D eigenvalue weighted by molar-refractivity contribution is -0.151. The number of nitrogens with zero attached hydrogens (tertiary/aromatic N) is 3. The van der Waals surface area contributed by atoms with E-state index in [1.54, 1.807) is 16.8 Å². The maximum atomic E-state index is 13.9. The standard InChI is InChI=1S/C24H35N3O5/c1-4-6-7-13-26-14-9-11-24-19(18-17(32-24)10-8-12-25(3)21(18)29)22(30)27(16(5-2)15-28)20(24)23(26)31/h8-11,16-20,28H,4-7,12-15H2,1-3H3/t16-,17+,18-,19-,20?,24-/m0/s1. The Morgan fingerprint density at radius 1 is 1.12 bits per heavy atom. The van der Waals surface area contributed by atoms with Crippen molar-refractivity contribution in [1.82, 2.24) is 14.7 Å². The molecule has 8 nitrogen and oxygen atoms in total. The van der Waals surface area contributed by atoms with E-state index in [0.717, 1.165) is 19.3 Å². The first-order valence-corrected chi connectivity index (χ1v) is 11.9. The topological polar surface area (TPSA) is 90.4 Å². The molecular weight excluding hydrogens is 410 g/mol. The summed E-state index contributed by atoms with van der Waals surface area (Å²) in [5.41, 5.74) is -1.20. The SMILES string of the molecule is CCCCCN1CC=C[C@]23O[C@@H]4C=CCN(C)C(=O)[C@@H]4[C@H]2C(=O)N([C@@H](CC)CO)C3C1=O. The van der Waals surface area contributed by atoms with Crippen molar-refractivity contribution in [3.05, 3.63) is 24.3 Å². The third-order valence-corrected chi connectivity index (χ3v) is 7.49. The van der Waals surface area contributed by atoms with Crippen LogP contribution < -0.4 is 0 Å². The summed E-state index contributed by atoms with van der Waals surface area (Å²) >= 11 is 0. The van der Waals surface area contributed by atoms with Crippen molar-refractivity contribution >= 4 is 17.7 Å². The van der Waals surface area contributed by atoms with Crippen LogP contribution in [0.4, 0.5) is 0 Å². The minimum absolute atomic E-state index is 0.141. The first kappa shape index (κ1) is 23.0. The minimum Gasteiger partial charge on any atom is -0.394 e. The number of carbonyl (C=O) groups is 3. The van der Waals surface area contributed by atoms with E-state index in [0.29, 0.717) is 26.1 Å². The van der Waals surface area contributed by atoms with Crippen LogP contribution in [0.1, 0.15) is 39.5 Å². The molecule has 0 aliphatic carbocycles. The van der Waals surface area contributed by atoms with Crippen molar-refractivity contribution in [3.63, 3.8) is 0 Å². The number of likely N-dealkylation sites (tertiary alicyclic amines) is 1. The highest BCUT2D eigenvalue weighted by atomic mass is 16.5. The molecule has 0 aromatic carbocycles. The maximum absolute atomic E-state index is 13.9. The highest BCUT2D eigenvalue weighted by Gasteiger charge is 2.72. The molecule has 6 atom stereocenters. The van der Waals surface area contributed by atoms with Gasteiger partial charge in [-0.1, -0.05) is 51.0 Å². The van der Waals surface area contributed by atoms with Gasteiger partial charge in [0.05, 0.1) is 30.6 Å². The van der Waals surface area contributed by atoms with E-state index < -0.39 is 35.6 Å². The molecule has 1 N–H and O–H groups in total. The van der Waals surface area contributed by atoms with E-state index in [-0.39, 0.29) is 24.3 Å². The quantitative estimate of drug-likeness (QED) is 0.466. The van der Waals surface area contributed by atoms with Gasteiger partial charge >= 0.3 is 0 Å². The molecule has 2 saturated heterocycles. The van der Waals surface area contributed by atoms with Crippen LogP contribution in [0.25, 0.3) is 0 Å². The molecule has 0 radical (unpaired) electrons. The number of ether oxygens (including phenoxy) is 1. The summed E-state index contributed by atoms with van der Waals surface area (Å²) in [7, 11) is 1.72. The number of rotatable bonds is 7. The Morgan fingerprint density at radius 3 is 2.59 bits per heavy atom. The highest BCUT2D eigenvalue weighted by molar-refractivity contribution is 6.00. The van der Waals surface area contributed by atoms with Gasteiger partial charge in [0.15, 0.2) is 0 Å². The zero-order chi connectivity index (χ0) is 23.0. The zero-order valence-electron chi connectivity index (χ0n) is 19.3. The Morgan fingerprint density at radius 2 is 1.91 bits per heavy atom. The predicted molar refractivity (Wildman–Crippen MR) is 118 cm³/mol. The Kier molecular flexibility index (Phi) is 6.45. The van der Waals surface area contributed by atoms with Crippen molar-refractivity contribution in [3.8, 4) is 0 Å². The smallest absolute Gasteiger partial charge is 0.249 e. The number of hydrogen-bond acceptors (Lipinski definition) is 5. The summed E-state index contributed by atoms with van der Waals surface area (Å²) < 4.78 is 6.53. The van der Waals surface area contributed by atoms with Gasteiger partial charge in [0.25, 0.3) is 0 Å². The second-order valence-corrected chi connectivity index (χ2v) is 9.37. The zero-order valence-corrected chi connectivity index (χ0v) is 19.3. The number of aliphatic hydroxyl groups is 1. The second-order valence-electron chi connectivity index (χ2n) is 9.37. The van der Waals surface area contributed by atoms with Gasteiger partial charge in [0.2, 0.25) is 17.7 Å². The molecule has 0 saturated carbocycles. The van der Waals surface area contributed by atoms with Gasteiger partial charge in [-0.15, -0.1) is 0 Å². The first-order valence-electron chi connectivity index (χ1n) is 11.9. The van der Waals surface area contributed by atoms with Crippen LogP contribution in [-0.4, -0.2) is 94.6 Å². The van der Waals surface area contributed by atoms with Crippen LogP contribution in [0.3, 0.4) is 0 Å². The molecule has 176 valence electrons. The van der Waals surface area contributed by atoms with Gasteiger partial charge in [-0.3, -0.25) is 14.4 Å². The fourth-order valence-corrected chi connectivity index (χ4v) is 5.81. The van der Waals surface area contributed by atoms with E-state index in [1.807, 2.05) is 31.2 Å². The monoisotopic (exact) mass is 445 g/mol. The van der Waals surface area contributed by atoms with Crippen LogP contribution in [0.15, 0.2) is 24.3 Å². The molecule has 8 heteroatoms. The third kappa shape index (κ3) is 3.39. The molecule has 32 heavy (non-hydrogen) atoms.